The Hall–Kier alpha value is -3.02. The number of anilines is 1. The van der Waals surface area contributed by atoms with Crippen molar-refractivity contribution in [2.24, 2.45) is 5.41 Å². The molecular weight excluding hydrogens is 344 g/mol. The van der Waals surface area contributed by atoms with Gasteiger partial charge in [-0.2, -0.15) is 0 Å². The Morgan fingerprint density at radius 2 is 1.70 bits per heavy atom. The zero-order chi connectivity index (χ0) is 19.4. The molecule has 27 heavy (non-hydrogen) atoms. The van der Waals surface area contributed by atoms with E-state index in [4.69, 9.17) is 9.47 Å². The molecule has 2 N–H and O–H groups in total. The Kier molecular flexibility index (Phi) is 5.35. The molecule has 0 spiro atoms. The number of ether oxygens (including phenoxy) is 2. The lowest BCUT2D eigenvalue weighted by Crippen LogP contribution is -2.39. The van der Waals surface area contributed by atoms with Crippen molar-refractivity contribution >= 4 is 17.5 Å². The fourth-order valence-electron chi connectivity index (χ4n) is 2.88. The number of amides is 2. The van der Waals surface area contributed by atoms with Crippen LogP contribution in [0, 0.1) is 12.3 Å². The van der Waals surface area contributed by atoms with Crippen molar-refractivity contribution in [3.63, 3.8) is 0 Å². The van der Waals surface area contributed by atoms with E-state index in [0.29, 0.717) is 36.6 Å². The number of hydrogen-bond donors (Lipinski definition) is 2. The molecule has 0 bridgehead atoms. The molecule has 142 valence electrons. The SMILES string of the molecule is COc1ccc(NC(=O)C2(C(=O)NCc3ccc(C)cc3)CC2)c(OC)c1. The molecule has 0 aliphatic heterocycles. The van der Waals surface area contributed by atoms with Gasteiger partial charge in [0, 0.05) is 12.6 Å². The molecule has 1 aliphatic carbocycles. The molecule has 0 radical (unpaired) electrons. The van der Waals surface area contributed by atoms with Crippen LogP contribution in [-0.4, -0.2) is 26.0 Å². The Morgan fingerprint density at radius 3 is 2.30 bits per heavy atom. The molecule has 1 saturated carbocycles. The summed E-state index contributed by atoms with van der Waals surface area (Å²) in [4.78, 5) is 25.4. The van der Waals surface area contributed by atoms with Gasteiger partial charge in [0.15, 0.2) is 0 Å². The van der Waals surface area contributed by atoms with Crippen LogP contribution in [0.2, 0.25) is 0 Å². The second kappa shape index (κ2) is 7.70. The number of benzene rings is 2. The maximum Gasteiger partial charge on any atom is 0.240 e. The van der Waals surface area contributed by atoms with Gasteiger partial charge in [-0.3, -0.25) is 9.59 Å². The summed E-state index contributed by atoms with van der Waals surface area (Å²) in [6.07, 6.45) is 1.08. The number of methoxy groups -OCH3 is 2. The van der Waals surface area contributed by atoms with Gasteiger partial charge in [0.1, 0.15) is 16.9 Å². The van der Waals surface area contributed by atoms with E-state index in [-0.39, 0.29) is 11.8 Å². The van der Waals surface area contributed by atoms with Crippen molar-refractivity contribution in [2.75, 3.05) is 19.5 Å². The minimum atomic E-state index is -1.00. The normalized spacial score (nSPS) is 14.2. The maximum atomic E-state index is 12.8. The maximum absolute atomic E-state index is 12.8. The van der Waals surface area contributed by atoms with E-state index in [0.717, 1.165) is 11.1 Å². The second-order valence-corrected chi connectivity index (χ2v) is 6.77. The van der Waals surface area contributed by atoms with E-state index in [1.54, 1.807) is 25.3 Å². The Bertz CT molecular complexity index is 842. The van der Waals surface area contributed by atoms with Crippen molar-refractivity contribution in [2.45, 2.75) is 26.3 Å². The largest absolute Gasteiger partial charge is 0.497 e. The van der Waals surface area contributed by atoms with Crippen LogP contribution < -0.4 is 20.1 Å². The Labute approximate surface area is 158 Å². The summed E-state index contributed by atoms with van der Waals surface area (Å²) in [5, 5.41) is 5.71. The van der Waals surface area contributed by atoms with Crippen LogP contribution in [0.1, 0.15) is 24.0 Å². The highest BCUT2D eigenvalue weighted by atomic mass is 16.5. The molecular formula is C21H24N2O4. The van der Waals surface area contributed by atoms with Crippen molar-refractivity contribution in [3.8, 4) is 11.5 Å². The van der Waals surface area contributed by atoms with Crippen molar-refractivity contribution in [1.82, 2.24) is 5.32 Å². The van der Waals surface area contributed by atoms with E-state index in [1.165, 1.54) is 7.11 Å². The average molecular weight is 368 g/mol. The first kappa shape index (κ1) is 18.8. The first-order valence-corrected chi connectivity index (χ1v) is 8.86. The van der Waals surface area contributed by atoms with Crippen LogP contribution in [0.25, 0.3) is 0 Å². The first-order valence-electron chi connectivity index (χ1n) is 8.86. The summed E-state index contributed by atoms with van der Waals surface area (Å²) >= 11 is 0. The monoisotopic (exact) mass is 368 g/mol. The standard InChI is InChI=1S/C21H24N2O4/c1-14-4-6-15(7-5-14)13-22-19(24)21(10-11-21)20(25)23-17-9-8-16(26-2)12-18(17)27-3/h4-9,12H,10-11,13H2,1-3H3,(H,22,24)(H,23,25). The fourth-order valence-corrected chi connectivity index (χ4v) is 2.88. The van der Waals surface area contributed by atoms with Crippen molar-refractivity contribution < 1.29 is 19.1 Å². The third-order valence-electron chi connectivity index (χ3n) is 4.85. The van der Waals surface area contributed by atoms with Crippen molar-refractivity contribution in [3.05, 3.63) is 53.6 Å². The zero-order valence-corrected chi connectivity index (χ0v) is 15.8. The van der Waals surface area contributed by atoms with Crippen LogP contribution in [0.15, 0.2) is 42.5 Å². The number of hydrogen-bond acceptors (Lipinski definition) is 4. The summed E-state index contributed by atoms with van der Waals surface area (Å²) in [5.74, 6) is 0.556. The quantitative estimate of drug-likeness (QED) is 0.737. The van der Waals surface area contributed by atoms with Gasteiger partial charge in [-0.25, -0.2) is 0 Å². The average Bonchev–Trinajstić information content (AvgIpc) is 3.49. The fraction of sp³-hybridized carbons (Fsp3) is 0.333. The molecule has 1 fully saturated rings. The van der Waals surface area contributed by atoms with E-state index < -0.39 is 5.41 Å². The molecule has 6 nitrogen and oxygen atoms in total. The number of carbonyl (C=O) groups excluding carboxylic acids is 2. The highest BCUT2D eigenvalue weighted by molar-refractivity contribution is 6.13. The van der Waals surface area contributed by atoms with Crippen LogP contribution in [-0.2, 0) is 16.1 Å². The molecule has 2 amide bonds. The molecule has 0 heterocycles. The zero-order valence-electron chi connectivity index (χ0n) is 15.8. The third kappa shape index (κ3) is 4.05. The third-order valence-corrected chi connectivity index (χ3v) is 4.85. The Balaban J connectivity index is 1.65. The van der Waals surface area contributed by atoms with Crippen LogP contribution >= 0.6 is 0 Å². The lowest BCUT2D eigenvalue weighted by molar-refractivity contribution is -0.134. The number of aryl methyl sites for hydroxylation is 1. The summed E-state index contributed by atoms with van der Waals surface area (Å²) in [6, 6.07) is 13.1. The summed E-state index contributed by atoms with van der Waals surface area (Å²) in [6.45, 7) is 2.42. The molecule has 1 aliphatic rings. The van der Waals surface area contributed by atoms with Gasteiger partial charge >= 0.3 is 0 Å². The predicted molar refractivity (Wildman–Crippen MR) is 103 cm³/mol. The van der Waals surface area contributed by atoms with Crippen LogP contribution in [0.5, 0.6) is 11.5 Å². The van der Waals surface area contributed by atoms with Gasteiger partial charge in [0.2, 0.25) is 11.8 Å². The molecule has 0 saturated heterocycles. The lowest BCUT2D eigenvalue weighted by Gasteiger charge is -2.17. The van der Waals surface area contributed by atoms with Gasteiger partial charge in [0.25, 0.3) is 0 Å². The van der Waals surface area contributed by atoms with Gasteiger partial charge in [-0.05, 0) is 37.5 Å². The number of nitrogens with one attached hydrogen (secondary N) is 2. The minimum absolute atomic E-state index is 0.243. The second-order valence-electron chi connectivity index (χ2n) is 6.77. The number of carbonyl (C=O) groups is 2. The van der Waals surface area contributed by atoms with Crippen LogP contribution in [0.3, 0.4) is 0 Å². The lowest BCUT2D eigenvalue weighted by atomic mass is 10.0. The van der Waals surface area contributed by atoms with Gasteiger partial charge in [-0.1, -0.05) is 29.8 Å². The van der Waals surface area contributed by atoms with E-state index in [2.05, 4.69) is 10.6 Å². The predicted octanol–water partition coefficient (Wildman–Crippen LogP) is 3.05. The Morgan fingerprint density at radius 1 is 1.00 bits per heavy atom. The highest BCUT2D eigenvalue weighted by Crippen LogP contribution is 2.47. The molecule has 0 atom stereocenters. The van der Waals surface area contributed by atoms with Gasteiger partial charge < -0.3 is 20.1 Å². The van der Waals surface area contributed by atoms with E-state index in [9.17, 15) is 9.59 Å². The minimum Gasteiger partial charge on any atom is -0.497 e. The van der Waals surface area contributed by atoms with Crippen LogP contribution in [0.4, 0.5) is 5.69 Å². The van der Waals surface area contributed by atoms with Gasteiger partial charge in [-0.15, -0.1) is 0 Å². The topological polar surface area (TPSA) is 76.7 Å². The first-order chi connectivity index (χ1) is 13.0. The summed E-state index contributed by atoms with van der Waals surface area (Å²) in [7, 11) is 3.08. The van der Waals surface area contributed by atoms with Gasteiger partial charge in [0.05, 0.1) is 19.9 Å². The molecule has 0 unspecified atom stereocenters. The highest BCUT2D eigenvalue weighted by Gasteiger charge is 2.56. The van der Waals surface area contributed by atoms with E-state index >= 15 is 0 Å². The summed E-state index contributed by atoms with van der Waals surface area (Å²) in [5.41, 5.74) is 1.68. The smallest absolute Gasteiger partial charge is 0.240 e. The molecule has 2 aromatic carbocycles. The van der Waals surface area contributed by atoms with Crippen molar-refractivity contribution in [1.29, 1.82) is 0 Å². The van der Waals surface area contributed by atoms with E-state index in [1.807, 2.05) is 31.2 Å². The number of rotatable bonds is 7. The summed E-state index contributed by atoms with van der Waals surface area (Å²) < 4.78 is 10.5. The molecule has 2 aromatic rings. The molecule has 6 heteroatoms. The molecule has 0 aromatic heterocycles. The molecule has 3 rings (SSSR count).